The van der Waals surface area contributed by atoms with Gasteiger partial charge in [0.1, 0.15) is 12.2 Å². The van der Waals surface area contributed by atoms with Crippen molar-refractivity contribution >= 4 is 5.97 Å². The number of rotatable bonds is 3. The Labute approximate surface area is 189 Å². The summed E-state index contributed by atoms with van der Waals surface area (Å²) in [6.07, 6.45) is 0.0429. The number of carbonyl (C=O) groups excluding carboxylic acids is 1. The Bertz CT molecular complexity index is 1110. The first-order valence-electron chi connectivity index (χ1n) is 10.8. The van der Waals surface area contributed by atoms with E-state index in [0.29, 0.717) is 12.2 Å². The predicted molar refractivity (Wildman–Crippen MR) is 114 cm³/mol. The lowest BCUT2D eigenvalue weighted by Crippen LogP contribution is -2.43. The smallest absolute Gasteiger partial charge is 0.416 e. The second-order valence-electron chi connectivity index (χ2n) is 8.88. The van der Waals surface area contributed by atoms with Crippen LogP contribution in [-0.2, 0) is 22.9 Å². The zero-order valence-electron chi connectivity index (χ0n) is 18.3. The molecular formula is C25H24F3NO4. The van der Waals surface area contributed by atoms with E-state index in [1.807, 2.05) is 12.1 Å². The maximum atomic E-state index is 12.8. The molecule has 2 aliphatic heterocycles. The molecule has 3 atom stereocenters. The molecule has 33 heavy (non-hydrogen) atoms. The summed E-state index contributed by atoms with van der Waals surface area (Å²) in [5, 5.41) is 0. The highest BCUT2D eigenvalue weighted by molar-refractivity contribution is 5.89. The van der Waals surface area contributed by atoms with E-state index in [0.717, 1.165) is 55.1 Å². The lowest BCUT2D eigenvalue weighted by molar-refractivity contribution is -0.137. The van der Waals surface area contributed by atoms with Crippen molar-refractivity contribution < 1.29 is 32.2 Å². The van der Waals surface area contributed by atoms with Crippen molar-refractivity contribution in [3.05, 3.63) is 70.8 Å². The van der Waals surface area contributed by atoms with Crippen LogP contribution in [0.15, 0.2) is 48.6 Å². The SMILES string of the molecule is COc1ccc2c3c1O[C@H]1C[C@@H](OC(=O)c4ccc(C(F)(F)F)cc4)C=C[C@@]31CCN(C)C2. The molecule has 3 aliphatic rings. The fraction of sp³-hybridized carbons (Fsp3) is 0.400. The van der Waals surface area contributed by atoms with Crippen LogP contribution >= 0.6 is 0 Å². The molecule has 5 rings (SSSR count). The van der Waals surface area contributed by atoms with E-state index >= 15 is 0 Å². The molecule has 0 radical (unpaired) electrons. The van der Waals surface area contributed by atoms with Gasteiger partial charge in [-0.15, -0.1) is 0 Å². The number of alkyl halides is 3. The molecule has 1 spiro atoms. The van der Waals surface area contributed by atoms with Crippen LogP contribution in [0.25, 0.3) is 0 Å². The van der Waals surface area contributed by atoms with Crippen molar-refractivity contribution in [1.29, 1.82) is 0 Å². The zero-order valence-corrected chi connectivity index (χ0v) is 18.3. The fourth-order valence-corrected chi connectivity index (χ4v) is 5.15. The van der Waals surface area contributed by atoms with Crippen LogP contribution in [0.1, 0.15) is 39.9 Å². The molecule has 0 saturated heterocycles. The number of hydrogen-bond acceptors (Lipinski definition) is 5. The van der Waals surface area contributed by atoms with Crippen molar-refractivity contribution in [2.75, 3.05) is 20.7 Å². The maximum Gasteiger partial charge on any atom is 0.416 e. The molecule has 0 amide bonds. The third-order valence-electron chi connectivity index (χ3n) is 6.84. The van der Waals surface area contributed by atoms with E-state index in [2.05, 4.69) is 24.1 Å². The van der Waals surface area contributed by atoms with Gasteiger partial charge in [-0.25, -0.2) is 4.79 Å². The number of halogens is 3. The van der Waals surface area contributed by atoms with Gasteiger partial charge in [-0.3, -0.25) is 0 Å². The first-order valence-corrected chi connectivity index (χ1v) is 10.8. The minimum atomic E-state index is -4.45. The van der Waals surface area contributed by atoms with Crippen LogP contribution in [0.2, 0.25) is 0 Å². The Hall–Kier alpha value is -3.00. The van der Waals surface area contributed by atoms with Gasteiger partial charge < -0.3 is 19.1 Å². The van der Waals surface area contributed by atoms with Gasteiger partial charge in [0.25, 0.3) is 0 Å². The summed E-state index contributed by atoms with van der Waals surface area (Å²) in [6.45, 7) is 1.70. The zero-order chi connectivity index (χ0) is 23.4. The van der Waals surface area contributed by atoms with Gasteiger partial charge in [-0.2, -0.15) is 13.2 Å². The van der Waals surface area contributed by atoms with E-state index in [-0.39, 0.29) is 17.1 Å². The lowest BCUT2D eigenvalue weighted by atomic mass is 9.69. The number of carbonyl (C=O) groups is 1. The molecule has 0 unspecified atom stereocenters. The first-order chi connectivity index (χ1) is 15.7. The molecule has 174 valence electrons. The summed E-state index contributed by atoms with van der Waals surface area (Å²) in [5.41, 5.74) is 1.27. The molecular weight excluding hydrogens is 435 g/mol. The maximum absolute atomic E-state index is 12.8. The van der Waals surface area contributed by atoms with Gasteiger partial charge in [-0.1, -0.05) is 12.1 Å². The standard InChI is InChI=1S/C25H24F3NO4/c1-29-12-11-24-10-9-18(32-23(30)15-3-6-17(7-4-15)25(26,27)28)13-20(24)33-22-19(31-2)8-5-16(14-29)21(22)24/h3-10,18,20H,11-14H2,1-2H3/t18-,20-,24-/m0/s1. The van der Waals surface area contributed by atoms with Crippen LogP contribution in [-0.4, -0.2) is 43.8 Å². The summed E-state index contributed by atoms with van der Waals surface area (Å²) >= 11 is 0. The van der Waals surface area contributed by atoms with Crippen molar-refractivity contribution in [1.82, 2.24) is 4.90 Å². The second-order valence-corrected chi connectivity index (χ2v) is 8.88. The van der Waals surface area contributed by atoms with Crippen LogP contribution in [0, 0.1) is 0 Å². The number of esters is 1. The van der Waals surface area contributed by atoms with Gasteiger partial charge >= 0.3 is 12.1 Å². The predicted octanol–water partition coefficient (Wildman–Crippen LogP) is 4.73. The number of nitrogens with zero attached hydrogens (tertiary/aromatic N) is 1. The van der Waals surface area contributed by atoms with Gasteiger partial charge in [0.15, 0.2) is 11.5 Å². The van der Waals surface area contributed by atoms with E-state index in [9.17, 15) is 18.0 Å². The third kappa shape index (κ3) is 3.66. The molecule has 0 aromatic heterocycles. The average molecular weight is 459 g/mol. The average Bonchev–Trinajstić information content (AvgIpc) is 3.04. The lowest BCUT2D eigenvalue weighted by Gasteiger charge is -2.36. The molecule has 5 nitrogen and oxygen atoms in total. The Balaban J connectivity index is 1.40. The van der Waals surface area contributed by atoms with Crippen molar-refractivity contribution in [2.24, 2.45) is 0 Å². The van der Waals surface area contributed by atoms with Crippen LogP contribution in [0.3, 0.4) is 0 Å². The quantitative estimate of drug-likeness (QED) is 0.491. The largest absolute Gasteiger partial charge is 0.493 e. The van der Waals surface area contributed by atoms with E-state index in [4.69, 9.17) is 14.2 Å². The Morgan fingerprint density at radius 1 is 1.18 bits per heavy atom. The molecule has 2 aromatic rings. The molecule has 1 aliphatic carbocycles. The molecule has 0 N–H and O–H groups in total. The van der Waals surface area contributed by atoms with E-state index < -0.39 is 23.8 Å². The van der Waals surface area contributed by atoms with Gasteiger partial charge in [-0.05, 0) is 62.0 Å². The van der Waals surface area contributed by atoms with Crippen LogP contribution in [0.5, 0.6) is 11.5 Å². The summed E-state index contributed by atoms with van der Waals surface area (Å²) in [7, 11) is 3.70. The Kier molecular flexibility index (Phi) is 5.16. The Morgan fingerprint density at radius 2 is 1.94 bits per heavy atom. The third-order valence-corrected chi connectivity index (χ3v) is 6.84. The van der Waals surface area contributed by atoms with E-state index in [1.54, 1.807) is 7.11 Å². The molecule has 2 aromatic carbocycles. The minimum Gasteiger partial charge on any atom is -0.493 e. The number of ether oxygens (including phenoxy) is 3. The fourth-order valence-electron chi connectivity index (χ4n) is 5.15. The first kappa shape index (κ1) is 21.8. The van der Waals surface area contributed by atoms with Gasteiger partial charge in [0.2, 0.25) is 0 Å². The molecule has 8 heteroatoms. The van der Waals surface area contributed by atoms with Gasteiger partial charge in [0, 0.05) is 18.5 Å². The second kappa shape index (κ2) is 7.80. The topological polar surface area (TPSA) is 48.0 Å². The highest BCUT2D eigenvalue weighted by atomic mass is 19.4. The Morgan fingerprint density at radius 3 is 2.64 bits per heavy atom. The van der Waals surface area contributed by atoms with Crippen LogP contribution < -0.4 is 9.47 Å². The van der Waals surface area contributed by atoms with E-state index in [1.165, 1.54) is 5.56 Å². The number of methoxy groups -OCH3 is 1. The summed E-state index contributed by atoms with van der Waals surface area (Å²) < 4.78 is 55.9. The summed E-state index contributed by atoms with van der Waals surface area (Å²) in [5.74, 6) is 0.761. The normalized spacial score (nSPS) is 26.1. The highest BCUT2D eigenvalue weighted by Crippen LogP contribution is 2.55. The molecule has 0 saturated carbocycles. The highest BCUT2D eigenvalue weighted by Gasteiger charge is 2.53. The molecule has 0 bridgehead atoms. The van der Waals surface area contributed by atoms with Gasteiger partial charge in [0.05, 0.1) is 23.7 Å². The number of hydrogen-bond donors (Lipinski definition) is 0. The molecule has 2 heterocycles. The van der Waals surface area contributed by atoms with Crippen molar-refractivity contribution in [3.63, 3.8) is 0 Å². The van der Waals surface area contributed by atoms with Crippen molar-refractivity contribution in [2.45, 2.75) is 43.2 Å². The molecule has 0 fully saturated rings. The van der Waals surface area contributed by atoms with Crippen molar-refractivity contribution in [3.8, 4) is 11.5 Å². The summed E-state index contributed by atoms with van der Waals surface area (Å²) in [6, 6.07) is 8.05. The number of benzene rings is 2. The summed E-state index contributed by atoms with van der Waals surface area (Å²) in [4.78, 5) is 14.9. The monoisotopic (exact) mass is 459 g/mol. The minimum absolute atomic E-state index is 0.0763. The van der Waals surface area contributed by atoms with Crippen LogP contribution in [0.4, 0.5) is 13.2 Å².